The number of carbonyl (C=O) groups excluding carboxylic acids is 1. The molecule has 108 valence electrons. The Morgan fingerprint density at radius 1 is 1.53 bits per heavy atom. The third kappa shape index (κ3) is 4.84. The number of carbonyl (C=O) groups is 1. The van der Waals surface area contributed by atoms with Crippen LogP contribution in [-0.4, -0.2) is 35.2 Å². The summed E-state index contributed by atoms with van der Waals surface area (Å²) in [6, 6.07) is 1.92. The number of aliphatic hydroxyl groups is 1. The Morgan fingerprint density at radius 3 is 2.53 bits per heavy atom. The summed E-state index contributed by atoms with van der Waals surface area (Å²) in [6.07, 6.45) is 0. The molecule has 0 fully saturated rings. The second kappa shape index (κ2) is 5.92. The van der Waals surface area contributed by atoms with Crippen LogP contribution < -0.4 is 5.32 Å². The molecule has 0 spiro atoms. The van der Waals surface area contributed by atoms with E-state index in [1.165, 1.54) is 14.7 Å². The van der Waals surface area contributed by atoms with Crippen LogP contribution in [0.15, 0.2) is 6.07 Å². The molecule has 1 unspecified atom stereocenters. The summed E-state index contributed by atoms with van der Waals surface area (Å²) in [7, 11) is 1.69. The molecule has 5 heteroatoms. The van der Waals surface area contributed by atoms with Gasteiger partial charge >= 0.3 is 6.03 Å². The van der Waals surface area contributed by atoms with Gasteiger partial charge in [0, 0.05) is 16.8 Å². The minimum atomic E-state index is -0.885. The van der Waals surface area contributed by atoms with Crippen molar-refractivity contribution in [3.05, 3.63) is 21.4 Å². The van der Waals surface area contributed by atoms with Crippen LogP contribution in [0.5, 0.6) is 0 Å². The van der Waals surface area contributed by atoms with Crippen LogP contribution in [0, 0.1) is 13.8 Å². The highest BCUT2D eigenvalue weighted by Gasteiger charge is 2.21. The monoisotopic (exact) mass is 284 g/mol. The molecular weight excluding hydrogens is 260 g/mol. The summed E-state index contributed by atoms with van der Waals surface area (Å²) in [5.41, 5.74) is 0.275. The number of rotatable bonds is 4. The molecule has 0 radical (unpaired) electrons. The van der Waals surface area contributed by atoms with Gasteiger partial charge in [-0.1, -0.05) is 0 Å². The van der Waals surface area contributed by atoms with E-state index in [0.717, 1.165) is 5.56 Å². The average molecular weight is 284 g/mol. The van der Waals surface area contributed by atoms with E-state index in [1.807, 2.05) is 6.92 Å². The number of hydrogen-bond acceptors (Lipinski definition) is 3. The Kier molecular flexibility index (Phi) is 4.98. The van der Waals surface area contributed by atoms with Gasteiger partial charge in [0.15, 0.2) is 0 Å². The first-order chi connectivity index (χ1) is 8.60. The predicted molar refractivity (Wildman–Crippen MR) is 79.7 cm³/mol. The largest absolute Gasteiger partial charge is 0.389 e. The van der Waals surface area contributed by atoms with Crippen molar-refractivity contribution >= 4 is 17.4 Å². The lowest BCUT2D eigenvalue weighted by Gasteiger charge is -2.27. The number of aryl methyl sites for hydroxylation is 2. The normalized spacial score (nSPS) is 13.2. The van der Waals surface area contributed by atoms with E-state index in [4.69, 9.17) is 0 Å². The molecule has 0 aliphatic carbocycles. The first-order valence-electron chi connectivity index (χ1n) is 6.41. The number of nitrogens with one attached hydrogen (secondary N) is 1. The number of amides is 2. The Bertz CT molecular complexity index is 449. The molecule has 0 saturated carbocycles. The van der Waals surface area contributed by atoms with E-state index in [9.17, 15) is 9.90 Å². The molecule has 1 aromatic heterocycles. The molecule has 2 N–H and O–H groups in total. The van der Waals surface area contributed by atoms with Crippen LogP contribution in [0.4, 0.5) is 4.79 Å². The average Bonchev–Trinajstić information content (AvgIpc) is 2.55. The second-order valence-corrected chi connectivity index (χ2v) is 7.17. The third-order valence-electron chi connectivity index (χ3n) is 2.86. The Labute approximate surface area is 119 Å². The van der Waals surface area contributed by atoms with Gasteiger partial charge in [-0.3, -0.25) is 0 Å². The van der Waals surface area contributed by atoms with E-state index < -0.39 is 5.60 Å². The van der Waals surface area contributed by atoms with Gasteiger partial charge in [-0.15, -0.1) is 11.3 Å². The highest BCUT2D eigenvalue weighted by Crippen LogP contribution is 2.26. The lowest BCUT2D eigenvalue weighted by Crippen LogP contribution is -2.45. The lowest BCUT2D eigenvalue weighted by atomic mass is 10.1. The molecule has 2 amide bonds. The van der Waals surface area contributed by atoms with Crippen molar-refractivity contribution in [3.63, 3.8) is 0 Å². The molecule has 0 aliphatic rings. The van der Waals surface area contributed by atoms with Gasteiger partial charge in [0.2, 0.25) is 0 Å². The minimum absolute atomic E-state index is 0.0262. The molecule has 1 heterocycles. The fourth-order valence-corrected chi connectivity index (χ4v) is 3.13. The predicted octanol–water partition coefficient (Wildman–Crippen LogP) is 2.84. The van der Waals surface area contributed by atoms with Gasteiger partial charge in [0.25, 0.3) is 0 Å². The Hall–Kier alpha value is -1.07. The van der Waals surface area contributed by atoms with E-state index in [-0.39, 0.29) is 12.1 Å². The van der Waals surface area contributed by atoms with Gasteiger partial charge in [-0.2, -0.15) is 0 Å². The van der Waals surface area contributed by atoms with Crippen molar-refractivity contribution in [2.75, 3.05) is 13.6 Å². The fraction of sp³-hybridized carbons (Fsp3) is 0.643. The van der Waals surface area contributed by atoms with Crippen molar-refractivity contribution in [2.24, 2.45) is 0 Å². The molecule has 0 aliphatic heterocycles. The summed E-state index contributed by atoms with van der Waals surface area (Å²) in [5.74, 6) is 0. The minimum Gasteiger partial charge on any atom is -0.389 e. The van der Waals surface area contributed by atoms with E-state index in [2.05, 4.69) is 25.2 Å². The maximum Gasteiger partial charge on any atom is 0.317 e. The van der Waals surface area contributed by atoms with Crippen molar-refractivity contribution in [1.82, 2.24) is 10.2 Å². The van der Waals surface area contributed by atoms with Crippen LogP contribution in [0.2, 0.25) is 0 Å². The Morgan fingerprint density at radius 2 is 2.11 bits per heavy atom. The molecule has 19 heavy (non-hydrogen) atoms. The Balaban J connectivity index is 2.64. The standard InChI is InChI=1S/C14H24N2O2S/c1-9-7-12(11(3)19-9)10(2)15-13(17)16(6)8-14(4,5)18/h7,10,18H,8H2,1-6H3,(H,15,17). The molecule has 1 atom stereocenters. The second-order valence-electron chi connectivity index (χ2n) is 5.71. The summed E-state index contributed by atoms with van der Waals surface area (Å²) in [6.45, 7) is 9.78. The smallest absolute Gasteiger partial charge is 0.317 e. The van der Waals surface area contributed by atoms with Crippen LogP contribution in [-0.2, 0) is 0 Å². The fourth-order valence-electron chi connectivity index (χ4n) is 2.11. The van der Waals surface area contributed by atoms with Gasteiger partial charge in [-0.25, -0.2) is 4.79 Å². The van der Waals surface area contributed by atoms with Gasteiger partial charge in [-0.05, 0) is 46.2 Å². The maximum atomic E-state index is 12.0. The topological polar surface area (TPSA) is 52.6 Å². The van der Waals surface area contributed by atoms with Gasteiger partial charge in [0.1, 0.15) is 0 Å². The molecule has 0 aromatic carbocycles. The number of thiophene rings is 1. The zero-order valence-corrected chi connectivity index (χ0v) is 13.4. The van der Waals surface area contributed by atoms with Gasteiger partial charge in [0.05, 0.1) is 18.2 Å². The quantitative estimate of drug-likeness (QED) is 0.893. The van der Waals surface area contributed by atoms with Crippen LogP contribution in [0.3, 0.4) is 0 Å². The van der Waals surface area contributed by atoms with E-state index in [1.54, 1.807) is 32.2 Å². The summed E-state index contributed by atoms with van der Waals surface area (Å²) in [4.78, 5) is 16.0. The SMILES string of the molecule is Cc1cc(C(C)NC(=O)N(C)CC(C)(C)O)c(C)s1. The van der Waals surface area contributed by atoms with Crippen molar-refractivity contribution < 1.29 is 9.90 Å². The molecule has 0 bridgehead atoms. The zero-order valence-electron chi connectivity index (χ0n) is 12.6. The lowest BCUT2D eigenvalue weighted by molar-refractivity contribution is 0.0528. The van der Waals surface area contributed by atoms with E-state index >= 15 is 0 Å². The van der Waals surface area contributed by atoms with Crippen LogP contribution in [0.25, 0.3) is 0 Å². The van der Waals surface area contributed by atoms with Crippen molar-refractivity contribution in [2.45, 2.75) is 46.3 Å². The molecular formula is C14H24N2O2S. The van der Waals surface area contributed by atoms with Gasteiger partial charge < -0.3 is 15.3 Å². The highest BCUT2D eigenvalue weighted by molar-refractivity contribution is 7.12. The summed E-state index contributed by atoms with van der Waals surface area (Å²) in [5, 5.41) is 12.7. The van der Waals surface area contributed by atoms with Crippen molar-refractivity contribution in [1.29, 1.82) is 0 Å². The van der Waals surface area contributed by atoms with Crippen molar-refractivity contribution in [3.8, 4) is 0 Å². The number of nitrogens with zero attached hydrogens (tertiary/aromatic N) is 1. The number of hydrogen-bond donors (Lipinski definition) is 2. The van der Waals surface area contributed by atoms with E-state index in [0.29, 0.717) is 6.54 Å². The molecule has 4 nitrogen and oxygen atoms in total. The first-order valence-corrected chi connectivity index (χ1v) is 7.23. The molecule has 0 saturated heterocycles. The zero-order chi connectivity index (χ0) is 14.8. The third-order valence-corrected chi connectivity index (χ3v) is 3.84. The molecule has 1 aromatic rings. The summed E-state index contributed by atoms with van der Waals surface area (Å²) < 4.78 is 0. The molecule has 1 rings (SSSR count). The van der Waals surface area contributed by atoms with Crippen LogP contribution in [0.1, 0.15) is 42.1 Å². The number of likely N-dealkylation sites (N-methyl/N-ethyl adjacent to an activating group) is 1. The first kappa shape index (κ1) is 16.0. The highest BCUT2D eigenvalue weighted by atomic mass is 32.1. The summed E-state index contributed by atoms with van der Waals surface area (Å²) >= 11 is 1.74. The maximum absolute atomic E-state index is 12.0. The number of urea groups is 1. The van der Waals surface area contributed by atoms with Crippen LogP contribution >= 0.6 is 11.3 Å².